The Balaban J connectivity index is 1.48. The summed E-state index contributed by atoms with van der Waals surface area (Å²) in [6, 6.07) is 22.1. The number of carbonyl (C=O) groups excluding carboxylic acids is 1. The van der Waals surface area contributed by atoms with E-state index in [4.69, 9.17) is 10.1 Å². The predicted octanol–water partition coefficient (Wildman–Crippen LogP) is 5.45. The average Bonchev–Trinajstić information content (AvgIpc) is 3.48. The molecule has 0 N–H and O–H groups in total. The number of aromatic nitrogens is 5. The van der Waals surface area contributed by atoms with E-state index in [0.29, 0.717) is 17.8 Å². The topological polar surface area (TPSA) is 68.8 Å². The summed E-state index contributed by atoms with van der Waals surface area (Å²) in [6.45, 7) is 6.42. The Morgan fingerprint density at radius 2 is 1.71 bits per heavy atom. The van der Waals surface area contributed by atoms with Gasteiger partial charge in [-0.2, -0.15) is 10.2 Å². The van der Waals surface area contributed by atoms with Crippen LogP contribution in [0.25, 0.3) is 28.0 Å². The zero-order valence-electron chi connectivity index (χ0n) is 20.4. The predicted molar refractivity (Wildman–Crippen MR) is 137 cm³/mol. The first-order valence-corrected chi connectivity index (χ1v) is 11.7. The molecule has 3 aromatic heterocycles. The highest BCUT2D eigenvalue weighted by atomic mass is 16.2. The maximum absolute atomic E-state index is 13.5. The van der Waals surface area contributed by atoms with Crippen LogP contribution in [0.5, 0.6) is 0 Å². The fraction of sp³-hybridized carbons (Fsp3) is 0.214. The standard InChI is InChI=1S/C28H28N6O/c1-19(2)34-27-22(16-29-34)15-25(20(3)30-27)28(35)32(4)17-23-18-33(24-13-9-6-10-14-24)31-26(23)21-11-7-5-8-12-21/h5-16,18-19H,17H2,1-4H3. The first kappa shape index (κ1) is 22.5. The van der Waals surface area contributed by atoms with Crippen LogP contribution < -0.4 is 0 Å². The largest absolute Gasteiger partial charge is 0.337 e. The lowest BCUT2D eigenvalue weighted by atomic mass is 10.1. The van der Waals surface area contributed by atoms with Crippen LogP contribution in [-0.4, -0.2) is 42.4 Å². The summed E-state index contributed by atoms with van der Waals surface area (Å²) in [5.74, 6) is -0.0827. The van der Waals surface area contributed by atoms with Gasteiger partial charge in [-0.15, -0.1) is 0 Å². The average molecular weight is 465 g/mol. The lowest BCUT2D eigenvalue weighted by molar-refractivity contribution is 0.0784. The quantitative estimate of drug-likeness (QED) is 0.335. The number of hydrogen-bond donors (Lipinski definition) is 0. The molecule has 0 aliphatic carbocycles. The number of hydrogen-bond acceptors (Lipinski definition) is 4. The van der Waals surface area contributed by atoms with E-state index in [1.54, 1.807) is 11.1 Å². The number of benzene rings is 2. The molecule has 0 saturated heterocycles. The molecule has 0 radical (unpaired) electrons. The van der Waals surface area contributed by atoms with Crippen LogP contribution in [0.2, 0.25) is 0 Å². The smallest absolute Gasteiger partial charge is 0.255 e. The molecule has 35 heavy (non-hydrogen) atoms. The molecule has 0 saturated carbocycles. The van der Waals surface area contributed by atoms with Crippen molar-refractivity contribution in [3.05, 3.63) is 95.9 Å². The monoisotopic (exact) mass is 464 g/mol. The van der Waals surface area contributed by atoms with Gasteiger partial charge in [-0.1, -0.05) is 48.5 Å². The summed E-state index contributed by atoms with van der Waals surface area (Å²) in [6.07, 6.45) is 3.78. The van der Waals surface area contributed by atoms with E-state index in [-0.39, 0.29) is 11.9 Å². The van der Waals surface area contributed by atoms with Gasteiger partial charge in [-0.3, -0.25) is 4.79 Å². The van der Waals surface area contributed by atoms with Gasteiger partial charge in [0, 0.05) is 42.3 Å². The highest BCUT2D eigenvalue weighted by Crippen LogP contribution is 2.26. The van der Waals surface area contributed by atoms with Gasteiger partial charge in [0.2, 0.25) is 0 Å². The molecule has 0 bridgehead atoms. The van der Waals surface area contributed by atoms with Crippen molar-refractivity contribution in [3.8, 4) is 16.9 Å². The number of para-hydroxylation sites is 1. The van der Waals surface area contributed by atoms with Crippen molar-refractivity contribution in [3.63, 3.8) is 0 Å². The molecule has 0 atom stereocenters. The fourth-order valence-electron chi connectivity index (χ4n) is 4.27. The van der Waals surface area contributed by atoms with Crippen molar-refractivity contribution in [1.82, 2.24) is 29.4 Å². The maximum Gasteiger partial charge on any atom is 0.255 e. The van der Waals surface area contributed by atoms with E-state index in [2.05, 4.69) is 18.9 Å². The Kier molecular flexibility index (Phi) is 5.91. The van der Waals surface area contributed by atoms with Gasteiger partial charge in [0.05, 0.1) is 28.8 Å². The van der Waals surface area contributed by atoms with Gasteiger partial charge in [-0.25, -0.2) is 14.3 Å². The van der Waals surface area contributed by atoms with E-state index >= 15 is 0 Å². The molecular formula is C28H28N6O. The molecule has 0 aliphatic rings. The van der Waals surface area contributed by atoms with Crippen LogP contribution in [0.15, 0.2) is 79.1 Å². The molecular weight excluding hydrogens is 436 g/mol. The van der Waals surface area contributed by atoms with Gasteiger partial charge in [0.1, 0.15) is 0 Å². The van der Waals surface area contributed by atoms with Crippen molar-refractivity contribution >= 4 is 16.9 Å². The molecule has 7 heteroatoms. The molecule has 0 spiro atoms. The van der Waals surface area contributed by atoms with Crippen LogP contribution in [0.4, 0.5) is 0 Å². The fourth-order valence-corrected chi connectivity index (χ4v) is 4.27. The number of pyridine rings is 1. The second-order valence-corrected chi connectivity index (χ2v) is 9.03. The van der Waals surface area contributed by atoms with E-state index < -0.39 is 0 Å². The van der Waals surface area contributed by atoms with Crippen LogP contribution in [0.3, 0.4) is 0 Å². The summed E-state index contributed by atoms with van der Waals surface area (Å²) in [4.78, 5) is 19.9. The third kappa shape index (κ3) is 4.33. The first-order chi connectivity index (χ1) is 16.9. The molecule has 0 fully saturated rings. The Morgan fingerprint density at radius 3 is 2.40 bits per heavy atom. The molecule has 3 heterocycles. The van der Waals surface area contributed by atoms with E-state index in [1.807, 2.05) is 96.3 Å². The second-order valence-electron chi connectivity index (χ2n) is 9.03. The number of fused-ring (bicyclic) bond motifs is 1. The molecule has 0 aliphatic heterocycles. The van der Waals surface area contributed by atoms with E-state index in [1.165, 1.54) is 0 Å². The number of rotatable bonds is 6. The Morgan fingerprint density at radius 1 is 1.03 bits per heavy atom. The third-order valence-corrected chi connectivity index (χ3v) is 6.09. The van der Waals surface area contributed by atoms with Gasteiger partial charge in [0.25, 0.3) is 5.91 Å². The minimum Gasteiger partial charge on any atom is -0.337 e. The SMILES string of the molecule is Cc1nc2c(cnn2C(C)C)cc1C(=O)N(C)Cc1cn(-c2ccccc2)nc1-c1ccccc1. The summed E-state index contributed by atoms with van der Waals surface area (Å²) < 4.78 is 3.75. The highest BCUT2D eigenvalue weighted by Gasteiger charge is 2.21. The molecule has 0 unspecified atom stereocenters. The van der Waals surface area contributed by atoms with Crippen molar-refractivity contribution in [2.24, 2.45) is 0 Å². The Hall–Kier alpha value is -4.26. The number of nitrogens with zero attached hydrogens (tertiary/aromatic N) is 6. The number of aryl methyl sites for hydroxylation is 1. The molecule has 1 amide bonds. The van der Waals surface area contributed by atoms with Crippen LogP contribution in [0, 0.1) is 6.92 Å². The highest BCUT2D eigenvalue weighted by molar-refractivity contribution is 5.98. The van der Waals surface area contributed by atoms with Gasteiger partial charge < -0.3 is 4.90 Å². The lowest BCUT2D eigenvalue weighted by Gasteiger charge is -2.18. The van der Waals surface area contributed by atoms with Crippen molar-refractivity contribution in [2.45, 2.75) is 33.4 Å². The zero-order chi connectivity index (χ0) is 24.5. The Labute approximate surface area is 204 Å². The molecule has 5 aromatic rings. The number of amides is 1. The molecule has 5 rings (SSSR count). The van der Waals surface area contributed by atoms with E-state index in [0.717, 1.165) is 33.5 Å². The molecule has 2 aromatic carbocycles. The van der Waals surface area contributed by atoms with E-state index in [9.17, 15) is 4.79 Å². The number of carbonyl (C=O) groups is 1. The van der Waals surface area contributed by atoms with Gasteiger partial charge in [0.15, 0.2) is 5.65 Å². The van der Waals surface area contributed by atoms with Crippen LogP contribution in [0.1, 0.15) is 41.5 Å². The van der Waals surface area contributed by atoms with Crippen molar-refractivity contribution < 1.29 is 4.79 Å². The first-order valence-electron chi connectivity index (χ1n) is 11.7. The van der Waals surface area contributed by atoms with Crippen LogP contribution in [-0.2, 0) is 6.54 Å². The normalized spacial score (nSPS) is 11.3. The van der Waals surface area contributed by atoms with Gasteiger partial charge >= 0.3 is 0 Å². The lowest BCUT2D eigenvalue weighted by Crippen LogP contribution is -2.27. The van der Waals surface area contributed by atoms with Crippen LogP contribution >= 0.6 is 0 Å². The summed E-state index contributed by atoms with van der Waals surface area (Å²) in [5, 5.41) is 10.2. The van der Waals surface area contributed by atoms with Gasteiger partial charge in [-0.05, 0) is 39.0 Å². The zero-order valence-corrected chi connectivity index (χ0v) is 20.4. The Bertz CT molecular complexity index is 1480. The summed E-state index contributed by atoms with van der Waals surface area (Å²) >= 11 is 0. The minimum atomic E-state index is -0.0827. The maximum atomic E-state index is 13.5. The molecule has 7 nitrogen and oxygen atoms in total. The third-order valence-electron chi connectivity index (χ3n) is 6.09. The second kappa shape index (κ2) is 9.18. The van der Waals surface area contributed by atoms with Crippen molar-refractivity contribution in [1.29, 1.82) is 0 Å². The minimum absolute atomic E-state index is 0.0827. The summed E-state index contributed by atoms with van der Waals surface area (Å²) in [5.41, 5.74) is 5.89. The van der Waals surface area contributed by atoms with Crippen molar-refractivity contribution in [2.75, 3.05) is 7.05 Å². The summed E-state index contributed by atoms with van der Waals surface area (Å²) in [7, 11) is 1.82. The molecule has 176 valence electrons.